The SMILES string of the molecule is C#CC.C/C=C(\C=C(/C)C(=O)Nc1cccc(C(C)C)c1)C(F)(F)F. The van der Waals surface area contributed by atoms with Crippen molar-refractivity contribution in [1.82, 2.24) is 0 Å². The van der Waals surface area contributed by atoms with Gasteiger partial charge >= 0.3 is 6.18 Å². The quantitative estimate of drug-likeness (QED) is 0.412. The van der Waals surface area contributed by atoms with Crippen LogP contribution in [-0.4, -0.2) is 12.1 Å². The zero-order chi connectivity index (χ0) is 19.6. The van der Waals surface area contributed by atoms with Crippen LogP contribution in [-0.2, 0) is 4.79 Å². The molecule has 1 N–H and O–H groups in total. The van der Waals surface area contributed by atoms with Crippen LogP contribution in [0.5, 0.6) is 0 Å². The van der Waals surface area contributed by atoms with E-state index in [4.69, 9.17) is 0 Å². The van der Waals surface area contributed by atoms with Gasteiger partial charge in [-0.15, -0.1) is 12.3 Å². The molecule has 0 aliphatic heterocycles. The Bertz CT molecular complexity index is 677. The summed E-state index contributed by atoms with van der Waals surface area (Å²) in [7, 11) is 0. The van der Waals surface area contributed by atoms with Crippen LogP contribution in [0.3, 0.4) is 0 Å². The summed E-state index contributed by atoms with van der Waals surface area (Å²) in [5, 5.41) is 2.62. The fraction of sp³-hybridized carbons (Fsp3) is 0.350. The summed E-state index contributed by atoms with van der Waals surface area (Å²) >= 11 is 0. The van der Waals surface area contributed by atoms with Gasteiger partial charge in [-0.1, -0.05) is 32.1 Å². The maximum atomic E-state index is 12.7. The lowest BCUT2D eigenvalue weighted by atomic mass is 10.0. The molecule has 0 aliphatic rings. The van der Waals surface area contributed by atoms with E-state index in [0.29, 0.717) is 11.6 Å². The minimum Gasteiger partial charge on any atom is -0.322 e. The highest BCUT2D eigenvalue weighted by Crippen LogP contribution is 2.27. The number of terminal acetylenes is 1. The van der Waals surface area contributed by atoms with Gasteiger partial charge in [0.05, 0.1) is 5.57 Å². The van der Waals surface area contributed by atoms with E-state index in [-0.39, 0.29) is 5.57 Å². The van der Waals surface area contributed by atoms with Crippen molar-refractivity contribution < 1.29 is 18.0 Å². The Morgan fingerprint density at radius 2 is 1.88 bits per heavy atom. The van der Waals surface area contributed by atoms with Crippen LogP contribution < -0.4 is 5.32 Å². The van der Waals surface area contributed by atoms with Gasteiger partial charge in [-0.3, -0.25) is 4.79 Å². The molecule has 0 radical (unpaired) electrons. The van der Waals surface area contributed by atoms with Gasteiger partial charge in [0.25, 0.3) is 5.91 Å². The summed E-state index contributed by atoms with van der Waals surface area (Å²) in [6, 6.07) is 7.26. The molecule has 25 heavy (non-hydrogen) atoms. The number of allylic oxidation sites excluding steroid dienone is 3. The van der Waals surface area contributed by atoms with Crippen molar-refractivity contribution in [2.75, 3.05) is 5.32 Å². The van der Waals surface area contributed by atoms with Crippen molar-refractivity contribution in [3.8, 4) is 12.3 Å². The van der Waals surface area contributed by atoms with Crippen molar-refractivity contribution >= 4 is 11.6 Å². The highest BCUT2D eigenvalue weighted by molar-refractivity contribution is 6.03. The third-order valence-electron chi connectivity index (χ3n) is 3.18. The van der Waals surface area contributed by atoms with E-state index < -0.39 is 17.7 Å². The van der Waals surface area contributed by atoms with E-state index >= 15 is 0 Å². The highest BCUT2D eigenvalue weighted by atomic mass is 19.4. The number of amides is 1. The van der Waals surface area contributed by atoms with Crippen LogP contribution >= 0.6 is 0 Å². The molecule has 0 aromatic heterocycles. The first-order valence-electron chi connectivity index (χ1n) is 7.77. The lowest BCUT2D eigenvalue weighted by Crippen LogP contribution is -2.15. The molecule has 0 spiro atoms. The molecule has 1 rings (SSSR count). The lowest BCUT2D eigenvalue weighted by molar-refractivity contribution is -0.112. The number of carbonyl (C=O) groups is 1. The molecular weight excluding hydrogens is 327 g/mol. The summed E-state index contributed by atoms with van der Waals surface area (Å²) in [4.78, 5) is 12.0. The molecular formula is C20H24F3NO. The highest BCUT2D eigenvalue weighted by Gasteiger charge is 2.31. The number of halogens is 3. The standard InChI is InChI=1S/C17H20F3NO.C3H4/c1-5-14(17(18,19)20)9-12(4)16(22)21-15-8-6-7-13(10-15)11(2)3;1-3-2/h5-11H,1-4H3,(H,21,22);1H,2H3/b12-9+,14-5+;. The topological polar surface area (TPSA) is 29.1 Å². The first kappa shape index (κ1) is 22.5. The smallest absolute Gasteiger partial charge is 0.322 e. The Labute approximate surface area is 147 Å². The fourth-order valence-corrected chi connectivity index (χ4v) is 1.83. The Morgan fingerprint density at radius 3 is 2.32 bits per heavy atom. The van der Waals surface area contributed by atoms with Crippen molar-refractivity contribution in [2.45, 2.75) is 46.7 Å². The average molecular weight is 351 g/mol. The fourth-order valence-electron chi connectivity index (χ4n) is 1.83. The predicted molar refractivity (Wildman–Crippen MR) is 97.2 cm³/mol. The largest absolute Gasteiger partial charge is 0.416 e. The van der Waals surface area contributed by atoms with Crippen LogP contribution in [0.4, 0.5) is 18.9 Å². The van der Waals surface area contributed by atoms with Gasteiger partial charge in [-0.2, -0.15) is 13.2 Å². The number of alkyl halides is 3. The first-order valence-corrected chi connectivity index (χ1v) is 7.77. The zero-order valence-corrected chi connectivity index (χ0v) is 15.2. The van der Waals surface area contributed by atoms with Crippen LogP contribution in [0.2, 0.25) is 0 Å². The Balaban J connectivity index is 0.00000178. The summed E-state index contributed by atoms with van der Waals surface area (Å²) in [6.07, 6.45) is 1.92. The molecule has 1 aromatic carbocycles. The second-order valence-electron chi connectivity index (χ2n) is 5.59. The van der Waals surface area contributed by atoms with Gasteiger partial charge in [0.2, 0.25) is 0 Å². The van der Waals surface area contributed by atoms with Gasteiger partial charge in [0.15, 0.2) is 0 Å². The number of anilines is 1. The molecule has 2 nitrogen and oxygen atoms in total. The Hall–Kier alpha value is -2.48. The normalized spacial score (nSPS) is 12.2. The number of rotatable bonds is 4. The van der Waals surface area contributed by atoms with E-state index in [1.165, 1.54) is 13.8 Å². The average Bonchev–Trinajstić information content (AvgIpc) is 2.52. The molecule has 1 amide bonds. The minimum absolute atomic E-state index is 0.000347. The minimum atomic E-state index is -4.46. The van der Waals surface area contributed by atoms with Crippen LogP contribution in [0, 0.1) is 12.3 Å². The van der Waals surface area contributed by atoms with Gasteiger partial charge in [0, 0.05) is 11.3 Å². The summed E-state index contributed by atoms with van der Waals surface area (Å²) in [5.41, 5.74) is 0.776. The van der Waals surface area contributed by atoms with E-state index in [0.717, 1.165) is 17.7 Å². The number of nitrogens with one attached hydrogen (secondary N) is 1. The molecule has 0 atom stereocenters. The Kier molecular flexibility index (Phi) is 9.37. The molecule has 0 bridgehead atoms. The molecule has 0 fully saturated rings. The van der Waals surface area contributed by atoms with Gasteiger partial charge in [-0.05, 0) is 50.5 Å². The van der Waals surface area contributed by atoms with Crippen molar-refractivity contribution in [2.24, 2.45) is 0 Å². The van der Waals surface area contributed by atoms with Crippen molar-refractivity contribution in [1.29, 1.82) is 0 Å². The van der Waals surface area contributed by atoms with Crippen LogP contribution in [0.15, 0.2) is 47.6 Å². The Morgan fingerprint density at radius 1 is 1.32 bits per heavy atom. The molecule has 1 aromatic rings. The van der Waals surface area contributed by atoms with E-state index in [1.54, 1.807) is 19.1 Å². The number of hydrogen-bond acceptors (Lipinski definition) is 1. The van der Waals surface area contributed by atoms with Crippen LogP contribution in [0.25, 0.3) is 0 Å². The number of hydrogen-bond donors (Lipinski definition) is 1. The second kappa shape index (κ2) is 10.4. The van der Waals surface area contributed by atoms with Gasteiger partial charge in [-0.25, -0.2) is 0 Å². The van der Waals surface area contributed by atoms with Crippen molar-refractivity contribution in [3.63, 3.8) is 0 Å². The molecule has 0 saturated carbocycles. The molecule has 0 heterocycles. The number of benzene rings is 1. The second-order valence-corrected chi connectivity index (χ2v) is 5.59. The predicted octanol–water partition coefficient (Wildman–Crippen LogP) is 5.84. The zero-order valence-electron chi connectivity index (χ0n) is 15.2. The van der Waals surface area contributed by atoms with Crippen LogP contribution in [0.1, 0.15) is 46.1 Å². The molecule has 136 valence electrons. The van der Waals surface area contributed by atoms with E-state index in [9.17, 15) is 18.0 Å². The monoisotopic (exact) mass is 351 g/mol. The lowest BCUT2D eigenvalue weighted by Gasteiger charge is -2.11. The maximum Gasteiger partial charge on any atom is 0.416 e. The van der Waals surface area contributed by atoms with E-state index in [1.807, 2.05) is 26.0 Å². The van der Waals surface area contributed by atoms with E-state index in [2.05, 4.69) is 17.7 Å². The van der Waals surface area contributed by atoms with Crippen molar-refractivity contribution in [3.05, 3.63) is 53.1 Å². The summed E-state index contributed by atoms with van der Waals surface area (Å²) < 4.78 is 38.0. The third-order valence-corrected chi connectivity index (χ3v) is 3.18. The summed E-state index contributed by atoms with van der Waals surface area (Å²) in [6.45, 7) is 8.34. The molecule has 0 unspecified atom stereocenters. The molecule has 0 aliphatic carbocycles. The maximum absolute atomic E-state index is 12.7. The molecule has 0 saturated heterocycles. The number of carbonyl (C=O) groups excluding carboxylic acids is 1. The summed E-state index contributed by atoms with van der Waals surface area (Å²) in [5.74, 6) is 2.00. The van der Waals surface area contributed by atoms with Gasteiger partial charge < -0.3 is 5.32 Å². The first-order chi connectivity index (χ1) is 11.6. The van der Waals surface area contributed by atoms with Gasteiger partial charge in [0.1, 0.15) is 0 Å². The third kappa shape index (κ3) is 8.25. The molecule has 5 heteroatoms.